The molecule has 30 heavy (non-hydrogen) atoms. The second-order valence-corrected chi connectivity index (χ2v) is 7.74. The molecule has 0 spiro atoms. The molecule has 3 rings (SSSR count). The molecule has 0 atom stereocenters. The highest BCUT2D eigenvalue weighted by atomic mass is 35.5. The zero-order valence-electron chi connectivity index (χ0n) is 15.8. The summed E-state index contributed by atoms with van der Waals surface area (Å²) in [5.41, 5.74) is 2.48. The number of hydrogen-bond acceptors (Lipinski definition) is 3. The fraction of sp³-hybridized carbons (Fsp3) is 0.0909. The Morgan fingerprint density at radius 2 is 1.50 bits per heavy atom. The van der Waals surface area contributed by atoms with Crippen molar-refractivity contribution < 1.29 is 14.3 Å². The third-order valence-corrected chi connectivity index (χ3v) is 4.74. The summed E-state index contributed by atoms with van der Waals surface area (Å²) >= 11 is 17.7. The molecule has 0 fully saturated rings. The van der Waals surface area contributed by atoms with Crippen molar-refractivity contribution in [2.24, 2.45) is 0 Å². The standard InChI is InChI=1S/C22H17Cl3N2O3/c1-13-8-15(23)4-7-20(13)27-22(29)14-2-5-19(6-3-14)30-12-21(28)26-18-10-16(24)9-17(25)11-18/h2-11H,12H2,1H3,(H,26,28)(H,27,29). The average Bonchev–Trinajstić information content (AvgIpc) is 2.68. The molecule has 2 amide bonds. The van der Waals surface area contributed by atoms with Crippen molar-refractivity contribution in [2.45, 2.75) is 6.92 Å². The van der Waals surface area contributed by atoms with Gasteiger partial charge in [-0.2, -0.15) is 0 Å². The van der Waals surface area contributed by atoms with Crippen LogP contribution in [-0.4, -0.2) is 18.4 Å². The first kappa shape index (κ1) is 22.0. The lowest BCUT2D eigenvalue weighted by molar-refractivity contribution is -0.118. The van der Waals surface area contributed by atoms with Gasteiger partial charge in [0.1, 0.15) is 5.75 Å². The Morgan fingerprint density at radius 3 is 2.13 bits per heavy atom. The highest BCUT2D eigenvalue weighted by Gasteiger charge is 2.10. The Balaban J connectivity index is 1.54. The molecule has 0 aliphatic rings. The molecule has 3 aromatic rings. The molecule has 0 aliphatic carbocycles. The Hall–Kier alpha value is -2.73. The van der Waals surface area contributed by atoms with Gasteiger partial charge in [-0.25, -0.2) is 0 Å². The smallest absolute Gasteiger partial charge is 0.262 e. The summed E-state index contributed by atoms with van der Waals surface area (Å²) in [7, 11) is 0. The lowest BCUT2D eigenvalue weighted by atomic mass is 10.1. The summed E-state index contributed by atoms with van der Waals surface area (Å²) in [6.07, 6.45) is 0. The van der Waals surface area contributed by atoms with E-state index in [0.29, 0.717) is 37.8 Å². The van der Waals surface area contributed by atoms with Crippen molar-refractivity contribution in [3.8, 4) is 5.75 Å². The van der Waals surface area contributed by atoms with Crippen LogP contribution in [0.5, 0.6) is 5.75 Å². The number of carbonyl (C=O) groups is 2. The van der Waals surface area contributed by atoms with Crippen LogP contribution in [-0.2, 0) is 4.79 Å². The second kappa shape index (κ2) is 9.85. The van der Waals surface area contributed by atoms with Gasteiger partial charge >= 0.3 is 0 Å². The molecule has 0 heterocycles. The zero-order chi connectivity index (χ0) is 21.7. The van der Waals surface area contributed by atoms with Crippen LogP contribution < -0.4 is 15.4 Å². The molecule has 0 bridgehead atoms. The molecule has 154 valence electrons. The number of amides is 2. The Kier molecular flexibility index (Phi) is 7.21. The van der Waals surface area contributed by atoms with Gasteiger partial charge in [0.05, 0.1) is 0 Å². The van der Waals surface area contributed by atoms with Gasteiger partial charge in [0.2, 0.25) is 0 Å². The van der Waals surface area contributed by atoms with Crippen molar-refractivity contribution in [1.29, 1.82) is 0 Å². The quantitative estimate of drug-likeness (QED) is 0.456. The van der Waals surface area contributed by atoms with E-state index in [1.54, 1.807) is 60.7 Å². The second-order valence-electron chi connectivity index (χ2n) is 6.43. The van der Waals surface area contributed by atoms with Crippen molar-refractivity contribution in [3.63, 3.8) is 0 Å². The zero-order valence-corrected chi connectivity index (χ0v) is 18.1. The van der Waals surface area contributed by atoms with E-state index in [-0.39, 0.29) is 18.4 Å². The van der Waals surface area contributed by atoms with Crippen LogP contribution in [0.4, 0.5) is 11.4 Å². The molecule has 3 aromatic carbocycles. The topological polar surface area (TPSA) is 67.4 Å². The minimum absolute atomic E-state index is 0.209. The SMILES string of the molecule is Cc1cc(Cl)ccc1NC(=O)c1ccc(OCC(=O)Nc2cc(Cl)cc(Cl)c2)cc1. The summed E-state index contributed by atoms with van der Waals surface area (Å²) in [5.74, 6) is -0.176. The van der Waals surface area contributed by atoms with Crippen LogP contribution in [0.25, 0.3) is 0 Å². The number of carbonyl (C=O) groups excluding carboxylic acids is 2. The fourth-order valence-electron chi connectivity index (χ4n) is 2.64. The molecule has 0 aromatic heterocycles. The number of halogens is 3. The molecule has 5 nitrogen and oxygen atoms in total. The van der Waals surface area contributed by atoms with Gasteiger partial charge in [-0.05, 0) is 73.2 Å². The number of ether oxygens (including phenoxy) is 1. The van der Waals surface area contributed by atoms with Gasteiger partial charge in [-0.15, -0.1) is 0 Å². The predicted molar refractivity (Wildman–Crippen MR) is 121 cm³/mol. The monoisotopic (exact) mass is 462 g/mol. The summed E-state index contributed by atoms with van der Waals surface area (Å²) in [5, 5.41) is 6.93. The molecule has 0 saturated carbocycles. The molecular weight excluding hydrogens is 447 g/mol. The number of benzene rings is 3. The van der Waals surface area contributed by atoms with Crippen LogP contribution in [0.15, 0.2) is 60.7 Å². The van der Waals surface area contributed by atoms with Crippen molar-refractivity contribution >= 4 is 58.0 Å². The largest absolute Gasteiger partial charge is 0.484 e. The van der Waals surface area contributed by atoms with E-state index < -0.39 is 0 Å². The number of hydrogen-bond donors (Lipinski definition) is 2. The highest BCUT2D eigenvalue weighted by molar-refractivity contribution is 6.35. The highest BCUT2D eigenvalue weighted by Crippen LogP contribution is 2.23. The summed E-state index contributed by atoms with van der Waals surface area (Å²) in [6.45, 7) is 1.65. The van der Waals surface area contributed by atoms with E-state index >= 15 is 0 Å². The van der Waals surface area contributed by atoms with Gasteiger partial charge < -0.3 is 15.4 Å². The van der Waals surface area contributed by atoms with E-state index in [1.807, 2.05) is 6.92 Å². The van der Waals surface area contributed by atoms with Crippen molar-refractivity contribution in [3.05, 3.63) is 86.9 Å². The van der Waals surface area contributed by atoms with E-state index in [2.05, 4.69) is 10.6 Å². The average molecular weight is 464 g/mol. The first-order chi connectivity index (χ1) is 14.3. The van der Waals surface area contributed by atoms with Gasteiger partial charge in [0, 0.05) is 32.0 Å². The molecular formula is C22H17Cl3N2O3. The fourth-order valence-corrected chi connectivity index (χ4v) is 3.39. The first-order valence-corrected chi connectivity index (χ1v) is 10.00. The van der Waals surface area contributed by atoms with Gasteiger partial charge in [-0.1, -0.05) is 34.8 Å². The maximum atomic E-state index is 12.4. The Labute approximate surface area is 188 Å². The van der Waals surface area contributed by atoms with Crippen LogP contribution in [0, 0.1) is 6.92 Å². The molecule has 0 saturated heterocycles. The molecule has 0 unspecified atom stereocenters. The van der Waals surface area contributed by atoms with Gasteiger partial charge in [0.15, 0.2) is 6.61 Å². The third-order valence-electron chi connectivity index (χ3n) is 4.07. The number of rotatable bonds is 6. The maximum absolute atomic E-state index is 12.4. The number of aryl methyl sites for hydroxylation is 1. The van der Waals surface area contributed by atoms with Crippen LogP contribution >= 0.6 is 34.8 Å². The minimum Gasteiger partial charge on any atom is -0.484 e. The Morgan fingerprint density at radius 1 is 0.833 bits per heavy atom. The van der Waals surface area contributed by atoms with Gasteiger partial charge in [-0.3, -0.25) is 9.59 Å². The van der Waals surface area contributed by atoms with E-state index in [1.165, 1.54) is 0 Å². The number of nitrogens with one attached hydrogen (secondary N) is 2. The van der Waals surface area contributed by atoms with E-state index in [0.717, 1.165) is 5.56 Å². The first-order valence-electron chi connectivity index (χ1n) is 8.86. The van der Waals surface area contributed by atoms with E-state index in [9.17, 15) is 9.59 Å². The summed E-state index contributed by atoms with van der Waals surface area (Å²) < 4.78 is 5.46. The minimum atomic E-state index is -0.367. The van der Waals surface area contributed by atoms with Gasteiger partial charge in [0.25, 0.3) is 11.8 Å². The van der Waals surface area contributed by atoms with Crippen LogP contribution in [0.3, 0.4) is 0 Å². The normalized spacial score (nSPS) is 10.4. The molecule has 0 radical (unpaired) electrons. The molecule has 0 aliphatic heterocycles. The lowest BCUT2D eigenvalue weighted by Crippen LogP contribution is -2.20. The maximum Gasteiger partial charge on any atom is 0.262 e. The third kappa shape index (κ3) is 6.13. The molecule has 2 N–H and O–H groups in total. The van der Waals surface area contributed by atoms with Crippen LogP contribution in [0.1, 0.15) is 15.9 Å². The number of anilines is 2. The van der Waals surface area contributed by atoms with Crippen molar-refractivity contribution in [1.82, 2.24) is 0 Å². The van der Waals surface area contributed by atoms with Crippen molar-refractivity contribution in [2.75, 3.05) is 17.2 Å². The predicted octanol–water partition coefficient (Wildman–Crippen LogP) is 6.23. The summed E-state index contributed by atoms with van der Waals surface area (Å²) in [6, 6.07) is 16.4. The lowest BCUT2D eigenvalue weighted by Gasteiger charge is -2.10. The Bertz CT molecular complexity index is 1070. The van der Waals surface area contributed by atoms with E-state index in [4.69, 9.17) is 39.5 Å². The molecule has 8 heteroatoms. The summed E-state index contributed by atoms with van der Waals surface area (Å²) in [4.78, 5) is 24.5. The van der Waals surface area contributed by atoms with Crippen LogP contribution in [0.2, 0.25) is 15.1 Å².